The van der Waals surface area contributed by atoms with Crippen LogP contribution in [0.1, 0.15) is 13.8 Å². The van der Waals surface area contributed by atoms with Crippen LogP contribution in [0.3, 0.4) is 0 Å². The largest absolute Gasteiger partial charge is 0.494 e. The second-order valence-corrected chi connectivity index (χ2v) is 5.49. The number of rotatable bonds is 8. The average molecular weight is 322 g/mol. The lowest BCUT2D eigenvalue weighted by molar-refractivity contribution is -0.123. The van der Waals surface area contributed by atoms with Crippen molar-refractivity contribution in [1.82, 2.24) is 10.2 Å². The van der Waals surface area contributed by atoms with Crippen molar-refractivity contribution in [2.75, 3.05) is 46.1 Å². The van der Waals surface area contributed by atoms with Crippen LogP contribution < -0.4 is 14.8 Å². The third-order valence-corrected chi connectivity index (χ3v) is 3.77. The van der Waals surface area contributed by atoms with Crippen molar-refractivity contribution in [3.63, 3.8) is 0 Å². The predicted molar refractivity (Wildman–Crippen MR) is 88.0 cm³/mol. The van der Waals surface area contributed by atoms with Gasteiger partial charge in [0, 0.05) is 25.7 Å². The summed E-state index contributed by atoms with van der Waals surface area (Å²) in [5.41, 5.74) is 0. The second-order valence-electron chi connectivity index (χ2n) is 5.49. The Hall–Kier alpha value is -1.79. The van der Waals surface area contributed by atoms with Crippen LogP contribution in [0, 0.1) is 0 Å². The number of benzene rings is 1. The Bertz CT molecular complexity index is 472. The Labute approximate surface area is 137 Å². The molecule has 1 aliphatic heterocycles. The third kappa shape index (κ3) is 6.08. The molecule has 0 aliphatic carbocycles. The molecule has 128 valence electrons. The highest BCUT2D eigenvalue weighted by atomic mass is 16.5. The number of carbonyl (C=O) groups is 1. The van der Waals surface area contributed by atoms with Crippen molar-refractivity contribution in [3.05, 3.63) is 24.3 Å². The number of ether oxygens (including phenoxy) is 3. The molecule has 1 aromatic rings. The van der Waals surface area contributed by atoms with Crippen LogP contribution in [-0.2, 0) is 9.53 Å². The van der Waals surface area contributed by atoms with Gasteiger partial charge in [-0.15, -0.1) is 0 Å². The fraction of sp³-hybridized carbons (Fsp3) is 0.588. The molecule has 0 spiro atoms. The zero-order valence-corrected chi connectivity index (χ0v) is 13.9. The first-order valence-corrected chi connectivity index (χ1v) is 8.13. The normalized spacial score (nSPS) is 16.6. The van der Waals surface area contributed by atoms with Crippen LogP contribution in [0.15, 0.2) is 24.3 Å². The summed E-state index contributed by atoms with van der Waals surface area (Å²) < 4.78 is 16.2. The molecule has 1 amide bonds. The quantitative estimate of drug-likeness (QED) is 0.782. The molecule has 2 rings (SSSR count). The van der Waals surface area contributed by atoms with E-state index < -0.39 is 0 Å². The van der Waals surface area contributed by atoms with Crippen molar-refractivity contribution in [1.29, 1.82) is 0 Å². The van der Waals surface area contributed by atoms with Gasteiger partial charge in [-0.1, -0.05) is 0 Å². The smallest absolute Gasteiger partial charge is 0.257 e. The Morgan fingerprint density at radius 3 is 2.43 bits per heavy atom. The summed E-state index contributed by atoms with van der Waals surface area (Å²) in [4.78, 5) is 14.2. The van der Waals surface area contributed by atoms with Gasteiger partial charge in [0.2, 0.25) is 0 Å². The van der Waals surface area contributed by atoms with E-state index in [0.29, 0.717) is 24.9 Å². The predicted octanol–water partition coefficient (Wildman–Crippen LogP) is 1.30. The monoisotopic (exact) mass is 322 g/mol. The minimum Gasteiger partial charge on any atom is -0.494 e. The zero-order valence-electron chi connectivity index (χ0n) is 13.9. The molecule has 23 heavy (non-hydrogen) atoms. The van der Waals surface area contributed by atoms with Gasteiger partial charge in [0.15, 0.2) is 6.61 Å². The minimum atomic E-state index is -0.112. The van der Waals surface area contributed by atoms with E-state index in [1.54, 1.807) is 12.1 Å². The molecule has 0 radical (unpaired) electrons. The van der Waals surface area contributed by atoms with Crippen LogP contribution in [0.5, 0.6) is 11.5 Å². The number of nitrogens with one attached hydrogen (secondary N) is 1. The molecule has 6 nitrogen and oxygen atoms in total. The van der Waals surface area contributed by atoms with Gasteiger partial charge in [0.25, 0.3) is 5.91 Å². The molecule has 1 aromatic carbocycles. The van der Waals surface area contributed by atoms with Crippen LogP contribution in [0.2, 0.25) is 0 Å². The topological polar surface area (TPSA) is 60.0 Å². The number of nitrogens with zero attached hydrogens (tertiary/aromatic N) is 1. The summed E-state index contributed by atoms with van der Waals surface area (Å²) in [7, 11) is 0. The molecule has 6 heteroatoms. The molecule has 1 atom stereocenters. The molecule has 1 saturated heterocycles. The lowest BCUT2D eigenvalue weighted by Crippen LogP contribution is -2.47. The number of hydrogen-bond donors (Lipinski definition) is 1. The van der Waals surface area contributed by atoms with Gasteiger partial charge >= 0.3 is 0 Å². The maximum Gasteiger partial charge on any atom is 0.257 e. The standard InChI is InChI=1S/C17H26N2O4/c1-3-22-15-4-6-16(7-5-15)23-13-17(20)18-12-14(2)19-8-10-21-11-9-19/h4-7,14H,3,8-13H2,1-2H3,(H,18,20). The Balaban J connectivity index is 1.66. The molecule has 1 unspecified atom stereocenters. The van der Waals surface area contributed by atoms with E-state index in [1.807, 2.05) is 19.1 Å². The second kappa shape index (κ2) is 9.37. The maximum absolute atomic E-state index is 11.9. The molecule has 0 aromatic heterocycles. The summed E-state index contributed by atoms with van der Waals surface area (Å²) >= 11 is 0. The fourth-order valence-corrected chi connectivity index (χ4v) is 2.41. The molecule has 0 saturated carbocycles. The van der Waals surface area contributed by atoms with Crippen molar-refractivity contribution in [2.45, 2.75) is 19.9 Å². The molecule has 0 bridgehead atoms. The summed E-state index contributed by atoms with van der Waals surface area (Å²) in [5, 5.41) is 2.91. The van der Waals surface area contributed by atoms with E-state index in [4.69, 9.17) is 14.2 Å². The highest BCUT2D eigenvalue weighted by Gasteiger charge is 2.17. The molecular weight excluding hydrogens is 296 g/mol. The van der Waals surface area contributed by atoms with E-state index in [0.717, 1.165) is 32.1 Å². The van der Waals surface area contributed by atoms with Crippen LogP contribution in [0.4, 0.5) is 0 Å². The van der Waals surface area contributed by atoms with Gasteiger partial charge < -0.3 is 19.5 Å². The summed E-state index contributed by atoms with van der Waals surface area (Å²) in [6, 6.07) is 7.56. The van der Waals surface area contributed by atoms with Gasteiger partial charge in [0.05, 0.1) is 19.8 Å². The van der Waals surface area contributed by atoms with Gasteiger partial charge in [-0.2, -0.15) is 0 Å². The highest BCUT2D eigenvalue weighted by molar-refractivity contribution is 5.77. The molecular formula is C17H26N2O4. The highest BCUT2D eigenvalue weighted by Crippen LogP contribution is 2.17. The molecule has 1 heterocycles. The Morgan fingerprint density at radius 1 is 1.22 bits per heavy atom. The SMILES string of the molecule is CCOc1ccc(OCC(=O)NCC(C)N2CCOCC2)cc1. The van der Waals surface area contributed by atoms with Gasteiger partial charge in [-0.25, -0.2) is 0 Å². The zero-order chi connectivity index (χ0) is 16.5. The van der Waals surface area contributed by atoms with Gasteiger partial charge in [-0.3, -0.25) is 9.69 Å². The summed E-state index contributed by atoms with van der Waals surface area (Å²) in [6.45, 7) is 8.67. The van der Waals surface area contributed by atoms with Crippen molar-refractivity contribution in [3.8, 4) is 11.5 Å². The van der Waals surface area contributed by atoms with E-state index in [1.165, 1.54) is 0 Å². The third-order valence-electron chi connectivity index (χ3n) is 3.77. The maximum atomic E-state index is 11.9. The van der Waals surface area contributed by atoms with Crippen molar-refractivity contribution in [2.24, 2.45) is 0 Å². The van der Waals surface area contributed by atoms with E-state index in [-0.39, 0.29) is 12.5 Å². The van der Waals surface area contributed by atoms with Gasteiger partial charge in [0.1, 0.15) is 11.5 Å². The first-order valence-electron chi connectivity index (χ1n) is 8.13. The summed E-state index contributed by atoms with van der Waals surface area (Å²) in [6.07, 6.45) is 0. The van der Waals surface area contributed by atoms with Gasteiger partial charge in [-0.05, 0) is 38.1 Å². The van der Waals surface area contributed by atoms with Crippen LogP contribution in [-0.4, -0.2) is 62.9 Å². The summed E-state index contributed by atoms with van der Waals surface area (Å²) in [5.74, 6) is 1.34. The first-order chi connectivity index (χ1) is 11.2. The van der Waals surface area contributed by atoms with E-state index >= 15 is 0 Å². The fourth-order valence-electron chi connectivity index (χ4n) is 2.41. The number of hydrogen-bond acceptors (Lipinski definition) is 5. The number of morpholine rings is 1. The molecule has 1 fully saturated rings. The van der Waals surface area contributed by atoms with Crippen LogP contribution >= 0.6 is 0 Å². The molecule has 1 N–H and O–H groups in total. The lowest BCUT2D eigenvalue weighted by Gasteiger charge is -2.32. The number of amides is 1. The average Bonchev–Trinajstić information content (AvgIpc) is 2.60. The molecule has 1 aliphatic rings. The number of carbonyl (C=O) groups excluding carboxylic acids is 1. The lowest BCUT2D eigenvalue weighted by atomic mass is 10.2. The Kier molecular flexibility index (Phi) is 7.16. The van der Waals surface area contributed by atoms with E-state index in [2.05, 4.69) is 17.1 Å². The van der Waals surface area contributed by atoms with Crippen LogP contribution in [0.25, 0.3) is 0 Å². The minimum absolute atomic E-state index is 0.0177. The van der Waals surface area contributed by atoms with E-state index in [9.17, 15) is 4.79 Å². The van der Waals surface area contributed by atoms with Crippen molar-refractivity contribution >= 4 is 5.91 Å². The van der Waals surface area contributed by atoms with Crippen molar-refractivity contribution < 1.29 is 19.0 Å². The first kappa shape index (κ1) is 17.6. The Morgan fingerprint density at radius 2 is 1.83 bits per heavy atom.